The summed E-state index contributed by atoms with van der Waals surface area (Å²) in [6, 6.07) is 7.94. The summed E-state index contributed by atoms with van der Waals surface area (Å²) in [5, 5.41) is 18.2. The van der Waals surface area contributed by atoms with E-state index in [0.29, 0.717) is 17.1 Å². The third-order valence-corrected chi connectivity index (χ3v) is 2.58. The Morgan fingerprint density at radius 3 is 2.89 bits per heavy atom. The van der Waals surface area contributed by atoms with Gasteiger partial charge in [0.2, 0.25) is 5.82 Å². The van der Waals surface area contributed by atoms with Crippen LogP contribution in [0.3, 0.4) is 0 Å². The molecule has 0 atom stereocenters. The predicted octanol–water partition coefficient (Wildman–Crippen LogP) is 2.15. The zero-order valence-electron chi connectivity index (χ0n) is 9.49. The number of benzene rings is 1. The molecule has 0 spiro atoms. The molecule has 2 N–H and O–H groups in total. The van der Waals surface area contributed by atoms with Crippen LogP contribution in [0.5, 0.6) is 0 Å². The van der Waals surface area contributed by atoms with E-state index in [1.54, 1.807) is 37.3 Å². The Morgan fingerprint density at radius 2 is 2.17 bits per heavy atom. The van der Waals surface area contributed by atoms with Crippen LogP contribution in [0.1, 0.15) is 5.76 Å². The maximum atomic E-state index is 11.9. The van der Waals surface area contributed by atoms with Crippen molar-refractivity contribution >= 4 is 23.2 Å². The maximum absolute atomic E-state index is 11.9. The number of para-hydroxylation sites is 2. The molecule has 2 amide bonds. The van der Waals surface area contributed by atoms with Crippen molar-refractivity contribution in [2.45, 2.75) is 6.92 Å². The lowest BCUT2D eigenvalue weighted by molar-refractivity contribution is 0.219. The number of carbonyl (C=O) groups is 1. The number of anilines is 3. The van der Waals surface area contributed by atoms with Gasteiger partial charge in [0.15, 0.2) is 0 Å². The van der Waals surface area contributed by atoms with Crippen LogP contribution in [0.25, 0.3) is 0 Å². The average Bonchev–Trinajstić information content (AvgIpc) is 2.76. The minimum absolute atomic E-state index is 0.210. The Morgan fingerprint density at radius 1 is 1.39 bits per heavy atom. The van der Waals surface area contributed by atoms with Crippen molar-refractivity contribution in [3.63, 3.8) is 0 Å². The molecule has 1 aromatic heterocycles. The fraction of sp³-hybridized carbons (Fsp3) is 0.0909. The molecular formula is C11H10N4O3. The highest BCUT2D eigenvalue weighted by Gasteiger charge is 2.32. The molecule has 7 heteroatoms. The molecule has 2 heterocycles. The van der Waals surface area contributed by atoms with E-state index in [1.165, 1.54) is 0 Å². The highest BCUT2D eigenvalue weighted by atomic mass is 16.6. The normalized spacial score (nSPS) is 14.4. The third-order valence-electron chi connectivity index (χ3n) is 2.58. The molecule has 0 saturated carbocycles. The second-order valence-corrected chi connectivity index (χ2v) is 3.84. The maximum Gasteiger partial charge on any atom is 0.349 e. The Hall–Kier alpha value is -2.54. The number of aromatic nitrogens is 1. The fourth-order valence-electron chi connectivity index (χ4n) is 1.77. The van der Waals surface area contributed by atoms with E-state index in [2.05, 4.69) is 10.5 Å². The second kappa shape index (κ2) is 3.74. The quantitative estimate of drug-likeness (QED) is 0.805. The van der Waals surface area contributed by atoms with Gasteiger partial charge in [0, 0.05) is 6.07 Å². The largest absolute Gasteiger partial charge is 0.359 e. The SMILES string of the molecule is Cc1cc(N2C(=O)Nc3ccccc3N2O)no1. The van der Waals surface area contributed by atoms with Gasteiger partial charge in [-0.25, -0.2) is 4.79 Å². The highest BCUT2D eigenvalue weighted by molar-refractivity contribution is 6.07. The number of amides is 2. The zero-order chi connectivity index (χ0) is 12.7. The molecule has 2 aromatic rings. The standard InChI is InChI=1S/C11H10N4O3/c1-7-6-10(13-18-7)14-11(16)12-8-4-2-3-5-9(8)15(14)17/h2-6,17H,1H3,(H,12,16). The molecule has 1 aliphatic rings. The van der Waals surface area contributed by atoms with E-state index in [9.17, 15) is 10.0 Å². The second-order valence-electron chi connectivity index (χ2n) is 3.84. The van der Waals surface area contributed by atoms with Crippen molar-refractivity contribution < 1.29 is 14.5 Å². The van der Waals surface area contributed by atoms with Crippen molar-refractivity contribution in [1.82, 2.24) is 5.16 Å². The summed E-state index contributed by atoms with van der Waals surface area (Å²) in [7, 11) is 0. The summed E-state index contributed by atoms with van der Waals surface area (Å²) in [4.78, 5) is 11.9. The van der Waals surface area contributed by atoms with Crippen LogP contribution < -0.4 is 15.5 Å². The minimum atomic E-state index is -0.510. The average molecular weight is 246 g/mol. The molecular weight excluding hydrogens is 236 g/mol. The molecule has 0 saturated heterocycles. The molecule has 0 unspecified atom stereocenters. The summed E-state index contributed by atoms with van der Waals surface area (Å²) in [5.41, 5.74) is 0.985. The van der Waals surface area contributed by atoms with Crippen molar-refractivity contribution in [1.29, 1.82) is 0 Å². The first-order chi connectivity index (χ1) is 8.66. The molecule has 0 bridgehead atoms. The van der Waals surface area contributed by atoms with Crippen LogP contribution in [0, 0.1) is 6.92 Å². The third kappa shape index (κ3) is 1.49. The summed E-state index contributed by atoms with van der Waals surface area (Å²) < 4.78 is 4.89. The van der Waals surface area contributed by atoms with Gasteiger partial charge in [0.1, 0.15) is 11.4 Å². The van der Waals surface area contributed by atoms with Gasteiger partial charge in [-0.3, -0.25) is 5.21 Å². The Balaban J connectivity index is 2.05. The van der Waals surface area contributed by atoms with Crippen LogP contribution in [0.4, 0.5) is 22.0 Å². The van der Waals surface area contributed by atoms with E-state index >= 15 is 0 Å². The lowest BCUT2D eigenvalue weighted by Crippen LogP contribution is -2.51. The van der Waals surface area contributed by atoms with Crippen LogP contribution >= 0.6 is 0 Å². The van der Waals surface area contributed by atoms with Gasteiger partial charge in [-0.2, -0.15) is 5.01 Å². The molecule has 0 radical (unpaired) electrons. The van der Waals surface area contributed by atoms with E-state index in [1.807, 2.05) is 0 Å². The topological polar surface area (TPSA) is 81.8 Å². The molecule has 18 heavy (non-hydrogen) atoms. The van der Waals surface area contributed by atoms with Crippen molar-refractivity contribution in [3.05, 3.63) is 36.1 Å². The first kappa shape index (κ1) is 10.6. The van der Waals surface area contributed by atoms with Gasteiger partial charge in [0.05, 0.1) is 5.69 Å². The van der Waals surface area contributed by atoms with Crippen molar-refractivity contribution in [3.8, 4) is 0 Å². The number of hydrogen-bond donors (Lipinski definition) is 2. The number of rotatable bonds is 1. The number of fused-ring (bicyclic) bond motifs is 1. The van der Waals surface area contributed by atoms with Gasteiger partial charge in [-0.1, -0.05) is 17.3 Å². The van der Waals surface area contributed by atoms with Gasteiger partial charge in [0.25, 0.3) is 0 Å². The summed E-state index contributed by atoms with van der Waals surface area (Å²) in [5.74, 6) is 0.757. The first-order valence-corrected chi connectivity index (χ1v) is 5.29. The Labute approximate surface area is 102 Å². The van der Waals surface area contributed by atoms with Gasteiger partial charge >= 0.3 is 6.03 Å². The number of urea groups is 1. The molecule has 92 valence electrons. The lowest BCUT2D eigenvalue weighted by Gasteiger charge is -2.34. The van der Waals surface area contributed by atoms with Gasteiger partial charge < -0.3 is 9.84 Å². The summed E-state index contributed by atoms with van der Waals surface area (Å²) in [6.45, 7) is 1.70. The monoisotopic (exact) mass is 246 g/mol. The van der Waals surface area contributed by atoms with E-state index in [-0.39, 0.29) is 5.82 Å². The molecule has 1 aliphatic heterocycles. The summed E-state index contributed by atoms with van der Waals surface area (Å²) in [6.07, 6.45) is 0. The minimum Gasteiger partial charge on any atom is -0.359 e. The number of nitrogens with one attached hydrogen (secondary N) is 1. The van der Waals surface area contributed by atoms with Gasteiger partial charge in [-0.05, 0) is 19.1 Å². The predicted molar refractivity (Wildman–Crippen MR) is 63.4 cm³/mol. The molecule has 1 aromatic carbocycles. The lowest BCUT2D eigenvalue weighted by atomic mass is 10.2. The number of hydrogen-bond acceptors (Lipinski definition) is 5. The van der Waals surface area contributed by atoms with Crippen molar-refractivity contribution in [2.24, 2.45) is 0 Å². The highest BCUT2D eigenvalue weighted by Crippen LogP contribution is 2.32. The molecule has 7 nitrogen and oxygen atoms in total. The Bertz CT molecular complexity index is 610. The Kier molecular flexibility index (Phi) is 2.20. The van der Waals surface area contributed by atoms with Crippen LogP contribution in [0.15, 0.2) is 34.9 Å². The number of nitrogens with zero attached hydrogens (tertiary/aromatic N) is 3. The van der Waals surface area contributed by atoms with Crippen molar-refractivity contribution in [2.75, 3.05) is 15.5 Å². The van der Waals surface area contributed by atoms with Crippen LogP contribution in [-0.2, 0) is 0 Å². The number of hydrazine groups is 1. The van der Waals surface area contributed by atoms with Gasteiger partial charge in [-0.15, -0.1) is 5.17 Å². The fourth-order valence-corrected chi connectivity index (χ4v) is 1.77. The van der Waals surface area contributed by atoms with E-state index in [4.69, 9.17) is 4.52 Å². The zero-order valence-corrected chi connectivity index (χ0v) is 9.49. The van der Waals surface area contributed by atoms with E-state index in [0.717, 1.165) is 10.2 Å². The number of carbonyl (C=O) groups excluding carboxylic acids is 1. The van der Waals surface area contributed by atoms with Crippen LogP contribution in [0.2, 0.25) is 0 Å². The first-order valence-electron chi connectivity index (χ1n) is 5.29. The smallest absolute Gasteiger partial charge is 0.349 e. The molecule has 0 aliphatic carbocycles. The number of aryl methyl sites for hydroxylation is 1. The van der Waals surface area contributed by atoms with Crippen LogP contribution in [-0.4, -0.2) is 16.4 Å². The summed E-state index contributed by atoms with van der Waals surface area (Å²) >= 11 is 0. The molecule has 3 rings (SSSR count). The van der Waals surface area contributed by atoms with E-state index < -0.39 is 6.03 Å². The molecule has 0 fully saturated rings.